The number of halogens is 2. The molecule has 0 saturated heterocycles. The molecule has 0 bridgehead atoms. The van der Waals surface area contributed by atoms with Gasteiger partial charge in [-0.2, -0.15) is 5.10 Å². The molecule has 0 radical (unpaired) electrons. The number of aromatic nitrogens is 2. The van der Waals surface area contributed by atoms with E-state index in [1.165, 1.54) is 11.8 Å². The molecule has 0 atom stereocenters. The van der Waals surface area contributed by atoms with Gasteiger partial charge in [0.25, 0.3) is 0 Å². The molecule has 3 rings (SSSR count). The highest BCUT2D eigenvalue weighted by Gasteiger charge is 2.27. The molecule has 0 unspecified atom stereocenters. The Kier molecular flexibility index (Phi) is 6.08. The molecule has 2 aromatic carbocycles. The van der Waals surface area contributed by atoms with Crippen LogP contribution in [-0.4, -0.2) is 15.7 Å². The molecule has 0 amide bonds. The fraction of sp³-hybridized carbons (Fsp3) is 0.238. The summed E-state index contributed by atoms with van der Waals surface area (Å²) in [7, 11) is 0. The maximum Gasteiger partial charge on any atom is 0.344 e. The predicted octanol–water partition coefficient (Wildman–Crippen LogP) is 6.62. The Morgan fingerprint density at radius 2 is 1.54 bits per heavy atom. The molecule has 0 spiro atoms. The lowest BCUT2D eigenvalue weighted by atomic mass is 10.1. The summed E-state index contributed by atoms with van der Waals surface area (Å²) in [4.78, 5) is 14.5. The first-order chi connectivity index (χ1) is 13.1. The minimum atomic E-state index is -0.458. The number of esters is 1. The Balaban J connectivity index is 2.00. The molecule has 0 aliphatic carbocycles. The van der Waals surface area contributed by atoms with Crippen molar-refractivity contribution in [3.63, 3.8) is 0 Å². The Morgan fingerprint density at radius 1 is 1.00 bits per heavy atom. The number of carbonyl (C=O) groups is 1. The van der Waals surface area contributed by atoms with Gasteiger partial charge in [-0.3, -0.25) is 0 Å². The first-order valence-electron chi connectivity index (χ1n) is 8.66. The first-order valence-corrected chi connectivity index (χ1v) is 10.2. The van der Waals surface area contributed by atoms with Gasteiger partial charge in [-0.15, -0.1) is 0 Å². The molecule has 1 heterocycles. The van der Waals surface area contributed by atoms with Crippen molar-refractivity contribution in [3.8, 4) is 5.88 Å². The summed E-state index contributed by atoms with van der Waals surface area (Å²) >= 11 is 13.4. The second-order valence-electron chi connectivity index (χ2n) is 7.25. The van der Waals surface area contributed by atoms with E-state index in [2.05, 4.69) is 5.10 Å². The van der Waals surface area contributed by atoms with Crippen molar-refractivity contribution in [2.45, 2.75) is 43.0 Å². The third-order valence-corrected chi connectivity index (χ3v) is 5.59. The van der Waals surface area contributed by atoms with E-state index >= 15 is 0 Å². The molecule has 0 aliphatic heterocycles. The van der Waals surface area contributed by atoms with E-state index in [1.54, 1.807) is 28.9 Å². The SMILES string of the molecule is Cc1nn(C(C)(C)C)c(OC(=O)c2ccc(Cl)cc2)c1Sc1ccc(Cl)cc1. The van der Waals surface area contributed by atoms with Gasteiger partial charge in [0.2, 0.25) is 5.88 Å². The predicted molar refractivity (Wildman–Crippen MR) is 114 cm³/mol. The van der Waals surface area contributed by atoms with Gasteiger partial charge in [0.1, 0.15) is 0 Å². The molecule has 0 N–H and O–H groups in total. The standard InChI is InChI=1S/C21H20Cl2N2O2S/c1-13-18(28-17-11-9-16(23)10-12-17)19(25(24-13)21(2,3)4)27-20(26)14-5-7-15(22)8-6-14/h5-12H,1-4H3. The zero-order valence-corrected chi connectivity index (χ0v) is 18.3. The lowest BCUT2D eigenvalue weighted by Gasteiger charge is -2.22. The molecule has 0 fully saturated rings. The molecule has 0 aliphatic rings. The topological polar surface area (TPSA) is 44.1 Å². The number of hydrogen-bond acceptors (Lipinski definition) is 4. The van der Waals surface area contributed by atoms with Crippen LogP contribution >= 0.6 is 35.0 Å². The fourth-order valence-electron chi connectivity index (χ4n) is 2.51. The van der Waals surface area contributed by atoms with Gasteiger partial charge in [-0.1, -0.05) is 35.0 Å². The van der Waals surface area contributed by atoms with Crippen LogP contribution in [0.4, 0.5) is 0 Å². The van der Waals surface area contributed by atoms with Crippen LogP contribution in [0.2, 0.25) is 10.0 Å². The van der Waals surface area contributed by atoms with Crippen molar-refractivity contribution in [2.75, 3.05) is 0 Å². The normalized spacial score (nSPS) is 11.5. The highest BCUT2D eigenvalue weighted by Crippen LogP contribution is 2.40. The Morgan fingerprint density at radius 3 is 2.07 bits per heavy atom. The summed E-state index contributed by atoms with van der Waals surface area (Å²) in [6, 6.07) is 14.1. The van der Waals surface area contributed by atoms with E-state index in [-0.39, 0.29) is 5.54 Å². The lowest BCUT2D eigenvalue weighted by Crippen LogP contribution is -2.25. The van der Waals surface area contributed by atoms with Crippen LogP contribution in [0.15, 0.2) is 58.3 Å². The van der Waals surface area contributed by atoms with Crippen molar-refractivity contribution in [1.82, 2.24) is 9.78 Å². The van der Waals surface area contributed by atoms with Crippen LogP contribution in [0, 0.1) is 6.92 Å². The Bertz CT molecular complexity index is 991. The van der Waals surface area contributed by atoms with Crippen LogP contribution < -0.4 is 4.74 Å². The number of hydrogen-bond donors (Lipinski definition) is 0. The second kappa shape index (κ2) is 8.19. The third kappa shape index (κ3) is 4.72. The minimum absolute atomic E-state index is 0.362. The third-order valence-electron chi connectivity index (χ3n) is 3.90. The summed E-state index contributed by atoms with van der Waals surface area (Å²) in [5.74, 6) is -0.0371. The van der Waals surface area contributed by atoms with Gasteiger partial charge in [0.05, 0.1) is 21.7 Å². The van der Waals surface area contributed by atoms with Crippen LogP contribution in [0.5, 0.6) is 5.88 Å². The van der Waals surface area contributed by atoms with Crippen LogP contribution in [-0.2, 0) is 5.54 Å². The molecule has 3 aromatic rings. The maximum atomic E-state index is 12.7. The smallest absolute Gasteiger partial charge is 0.344 e. The molecule has 4 nitrogen and oxygen atoms in total. The molecule has 146 valence electrons. The van der Waals surface area contributed by atoms with Crippen molar-refractivity contribution in [3.05, 3.63) is 69.8 Å². The van der Waals surface area contributed by atoms with E-state index < -0.39 is 5.97 Å². The van der Waals surface area contributed by atoms with Crippen molar-refractivity contribution < 1.29 is 9.53 Å². The fourth-order valence-corrected chi connectivity index (χ4v) is 3.67. The van der Waals surface area contributed by atoms with Crippen LogP contribution in [0.3, 0.4) is 0 Å². The van der Waals surface area contributed by atoms with Crippen LogP contribution in [0.25, 0.3) is 0 Å². The molecule has 1 aromatic heterocycles. The number of nitrogens with zero attached hydrogens (tertiary/aromatic N) is 2. The van der Waals surface area contributed by atoms with Crippen molar-refractivity contribution in [2.24, 2.45) is 0 Å². The zero-order valence-electron chi connectivity index (χ0n) is 16.0. The summed E-state index contributed by atoms with van der Waals surface area (Å²) < 4.78 is 7.56. The molecule has 28 heavy (non-hydrogen) atoms. The van der Waals surface area contributed by atoms with Gasteiger partial charge >= 0.3 is 5.97 Å². The summed E-state index contributed by atoms with van der Waals surface area (Å²) in [6.07, 6.45) is 0. The Labute approximate surface area is 178 Å². The molecular formula is C21H20Cl2N2O2S. The Hall–Kier alpha value is -1.95. The van der Waals surface area contributed by atoms with Crippen molar-refractivity contribution in [1.29, 1.82) is 0 Å². The van der Waals surface area contributed by atoms with Gasteiger partial charge in [-0.25, -0.2) is 9.48 Å². The summed E-state index contributed by atoms with van der Waals surface area (Å²) in [5.41, 5.74) is 0.846. The van der Waals surface area contributed by atoms with Crippen molar-refractivity contribution >= 4 is 40.9 Å². The molecular weight excluding hydrogens is 415 g/mol. The largest absolute Gasteiger partial charge is 0.403 e. The van der Waals surface area contributed by atoms with Gasteiger partial charge in [0.15, 0.2) is 0 Å². The highest BCUT2D eigenvalue weighted by atomic mass is 35.5. The van der Waals surface area contributed by atoms with Gasteiger partial charge < -0.3 is 4.74 Å². The van der Waals surface area contributed by atoms with E-state index in [0.717, 1.165) is 15.5 Å². The van der Waals surface area contributed by atoms with Crippen LogP contribution in [0.1, 0.15) is 36.8 Å². The lowest BCUT2D eigenvalue weighted by molar-refractivity contribution is 0.0704. The number of aryl methyl sites for hydroxylation is 1. The molecule has 0 saturated carbocycles. The monoisotopic (exact) mass is 434 g/mol. The number of carbonyl (C=O) groups excluding carboxylic acids is 1. The maximum absolute atomic E-state index is 12.7. The number of benzene rings is 2. The molecule has 7 heteroatoms. The van der Waals surface area contributed by atoms with Gasteiger partial charge in [0, 0.05) is 14.9 Å². The highest BCUT2D eigenvalue weighted by molar-refractivity contribution is 7.99. The summed E-state index contributed by atoms with van der Waals surface area (Å²) in [6.45, 7) is 7.93. The van der Waals surface area contributed by atoms with Gasteiger partial charge in [-0.05, 0) is 76.2 Å². The zero-order chi connectivity index (χ0) is 20.5. The first kappa shape index (κ1) is 20.8. The number of ether oxygens (including phenoxy) is 1. The van der Waals surface area contributed by atoms with E-state index in [1.807, 2.05) is 52.0 Å². The number of rotatable bonds is 4. The quantitative estimate of drug-likeness (QED) is 0.432. The average molecular weight is 435 g/mol. The average Bonchev–Trinajstić information content (AvgIpc) is 2.94. The second-order valence-corrected chi connectivity index (χ2v) is 9.21. The van der Waals surface area contributed by atoms with E-state index in [4.69, 9.17) is 27.9 Å². The van der Waals surface area contributed by atoms with E-state index in [9.17, 15) is 4.79 Å². The van der Waals surface area contributed by atoms with E-state index in [0.29, 0.717) is 21.5 Å². The summed E-state index contributed by atoms with van der Waals surface area (Å²) in [5, 5.41) is 5.86. The minimum Gasteiger partial charge on any atom is -0.403 e.